The highest BCUT2D eigenvalue weighted by atomic mass is 35.5. The number of hydrogen-bond acceptors (Lipinski definition) is 4. The van der Waals surface area contributed by atoms with Gasteiger partial charge in [0.05, 0.1) is 5.56 Å². The summed E-state index contributed by atoms with van der Waals surface area (Å²) in [7, 11) is -3.79. The lowest BCUT2D eigenvalue weighted by Gasteiger charge is -2.31. The molecule has 0 saturated heterocycles. The van der Waals surface area contributed by atoms with Crippen molar-refractivity contribution in [1.82, 2.24) is 4.72 Å². The van der Waals surface area contributed by atoms with Crippen molar-refractivity contribution in [1.29, 1.82) is 5.26 Å². The zero-order valence-corrected chi connectivity index (χ0v) is 15.0. The molecule has 1 rings (SSSR count). The van der Waals surface area contributed by atoms with Crippen molar-refractivity contribution < 1.29 is 8.42 Å². The predicted molar refractivity (Wildman–Crippen MR) is 90.4 cm³/mol. The quantitative estimate of drug-likeness (QED) is 0.827. The van der Waals surface area contributed by atoms with Crippen LogP contribution in [0.4, 0.5) is 0 Å². The van der Waals surface area contributed by atoms with E-state index in [1.54, 1.807) is 26.0 Å². The molecule has 0 aliphatic rings. The van der Waals surface area contributed by atoms with Crippen LogP contribution >= 0.6 is 12.4 Å². The monoisotopic (exact) mass is 345 g/mol. The summed E-state index contributed by atoms with van der Waals surface area (Å²) in [6, 6.07) is 6.76. The average Bonchev–Trinajstić information content (AvgIpc) is 2.36. The van der Waals surface area contributed by atoms with Crippen LogP contribution in [0.3, 0.4) is 0 Å². The van der Waals surface area contributed by atoms with Gasteiger partial charge < -0.3 is 5.73 Å². The van der Waals surface area contributed by atoms with E-state index in [4.69, 9.17) is 5.73 Å². The number of nitriles is 1. The molecule has 124 valence electrons. The SMILES string of the molecule is Cc1cccc(S(=O)(=O)NC(C)(CN)CC(C)C)c1C#N.Cl. The molecule has 0 radical (unpaired) electrons. The van der Waals surface area contributed by atoms with Gasteiger partial charge in [0.25, 0.3) is 0 Å². The van der Waals surface area contributed by atoms with E-state index < -0.39 is 15.6 Å². The Hall–Kier alpha value is -1.13. The van der Waals surface area contributed by atoms with Crippen LogP contribution in [0.25, 0.3) is 0 Å². The molecule has 0 aliphatic heterocycles. The molecule has 0 fully saturated rings. The zero-order valence-electron chi connectivity index (χ0n) is 13.4. The highest BCUT2D eigenvalue weighted by Crippen LogP contribution is 2.23. The lowest BCUT2D eigenvalue weighted by Crippen LogP contribution is -2.52. The third kappa shape index (κ3) is 4.96. The van der Waals surface area contributed by atoms with Crippen LogP contribution in [0.5, 0.6) is 0 Å². The second-order valence-electron chi connectivity index (χ2n) is 6.03. The Morgan fingerprint density at radius 3 is 2.45 bits per heavy atom. The molecule has 1 atom stereocenters. The van der Waals surface area contributed by atoms with E-state index in [2.05, 4.69) is 4.72 Å². The molecule has 7 heteroatoms. The van der Waals surface area contributed by atoms with Gasteiger partial charge in [-0.05, 0) is 37.8 Å². The summed E-state index contributed by atoms with van der Waals surface area (Å²) in [5.74, 6) is 0.300. The maximum atomic E-state index is 12.6. The Labute approximate surface area is 139 Å². The summed E-state index contributed by atoms with van der Waals surface area (Å²) in [5, 5.41) is 9.20. The third-order valence-corrected chi connectivity index (χ3v) is 5.01. The lowest BCUT2D eigenvalue weighted by molar-refractivity contribution is 0.344. The van der Waals surface area contributed by atoms with E-state index in [0.29, 0.717) is 17.9 Å². The number of hydrogen-bond donors (Lipinski definition) is 2. The molecule has 5 nitrogen and oxygen atoms in total. The molecule has 0 saturated carbocycles. The number of aryl methyl sites for hydroxylation is 1. The van der Waals surface area contributed by atoms with Gasteiger partial charge in [0, 0.05) is 12.1 Å². The van der Waals surface area contributed by atoms with Crippen LogP contribution in [0.15, 0.2) is 23.1 Å². The largest absolute Gasteiger partial charge is 0.329 e. The number of nitrogens with one attached hydrogen (secondary N) is 1. The van der Waals surface area contributed by atoms with E-state index >= 15 is 0 Å². The number of benzene rings is 1. The summed E-state index contributed by atoms with van der Waals surface area (Å²) in [6.45, 7) is 7.71. The molecule has 0 aliphatic carbocycles. The van der Waals surface area contributed by atoms with Crippen LogP contribution < -0.4 is 10.5 Å². The van der Waals surface area contributed by atoms with Gasteiger partial charge in [0.2, 0.25) is 10.0 Å². The Morgan fingerprint density at radius 2 is 2.00 bits per heavy atom. The fourth-order valence-corrected chi connectivity index (χ4v) is 4.11. The molecule has 3 N–H and O–H groups in total. The smallest absolute Gasteiger partial charge is 0.242 e. The van der Waals surface area contributed by atoms with E-state index in [9.17, 15) is 13.7 Å². The van der Waals surface area contributed by atoms with Crippen molar-refractivity contribution in [3.05, 3.63) is 29.3 Å². The fraction of sp³-hybridized carbons (Fsp3) is 0.533. The van der Waals surface area contributed by atoms with Crippen molar-refractivity contribution in [3.63, 3.8) is 0 Å². The minimum absolute atomic E-state index is 0. The fourth-order valence-electron chi connectivity index (χ4n) is 2.46. The Kier molecular flexibility index (Phi) is 7.52. The van der Waals surface area contributed by atoms with Crippen LogP contribution in [0.2, 0.25) is 0 Å². The third-order valence-electron chi connectivity index (χ3n) is 3.33. The molecule has 0 aromatic heterocycles. The highest BCUT2D eigenvalue weighted by Gasteiger charge is 2.31. The van der Waals surface area contributed by atoms with Gasteiger partial charge >= 0.3 is 0 Å². The van der Waals surface area contributed by atoms with Gasteiger partial charge in [-0.25, -0.2) is 13.1 Å². The van der Waals surface area contributed by atoms with Crippen LogP contribution in [0, 0.1) is 24.2 Å². The first-order chi connectivity index (χ1) is 9.65. The van der Waals surface area contributed by atoms with Gasteiger partial charge in [-0.3, -0.25) is 0 Å². The molecule has 0 spiro atoms. The Balaban J connectivity index is 0.00000441. The standard InChI is InChI=1S/C15H23N3O2S.ClH/c1-11(2)8-15(4,10-17)18-21(19,20)14-7-5-6-12(3)13(14)9-16;/h5-7,11,18H,8,10,17H2,1-4H3;1H. The molecule has 0 amide bonds. The number of rotatable bonds is 6. The number of nitrogens with two attached hydrogens (primary N) is 1. The highest BCUT2D eigenvalue weighted by molar-refractivity contribution is 7.89. The van der Waals surface area contributed by atoms with Gasteiger partial charge in [0.1, 0.15) is 11.0 Å². The van der Waals surface area contributed by atoms with Crippen molar-refractivity contribution in [3.8, 4) is 6.07 Å². The van der Waals surface area contributed by atoms with Gasteiger partial charge in [0.15, 0.2) is 0 Å². The minimum atomic E-state index is -3.79. The van der Waals surface area contributed by atoms with E-state index in [0.717, 1.165) is 0 Å². The lowest BCUT2D eigenvalue weighted by atomic mass is 9.92. The van der Waals surface area contributed by atoms with E-state index in [1.165, 1.54) is 6.07 Å². The summed E-state index contributed by atoms with van der Waals surface area (Å²) in [6.07, 6.45) is 0.621. The first kappa shape index (κ1) is 20.9. The first-order valence-electron chi connectivity index (χ1n) is 6.89. The normalized spacial score (nSPS) is 14.0. The second kappa shape index (κ2) is 7.93. The summed E-state index contributed by atoms with van der Waals surface area (Å²) >= 11 is 0. The first-order valence-corrected chi connectivity index (χ1v) is 8.37. The van der Waals surface area contributed by atoms with Crippen molar-refractivity contribution >= 4 is 22.4 Å². The Bertz CT molecular complexity index is 653. The molecular formula is C15H24ClN3O2S. The zero-order chi connectivity index (χ0) is 16.3. The van der Waals surface area contributed by atoms with Gasteiger partial charge in [-0.1, -0.05) is 26.0 Å². The van der Waals surface area contributed by atoms with Crippen LogP contribution in [0.1, 0.15) is 38.3 Å². The number of nitrogens with zero attached hydrogens (tertiary/aromatic N) is 1. The summed E-state index contributed by atoms with van der Waals surface area (Å²) in [4.78, 5) is 0.00781. The van der Waals surface area contributed by atoms with Crippen LogP contribution in [-0.4, -0.2) is 20.5 Å². The topological polar surface area (TPSA) is 96.0 Å². The molecule has 22 heavy (non-hydrogen) atoms. The minimum Gasteiger partial charge on any atom is -0.329 e. The maximum absolute atomic E-state index is 12.6. The number of sulfonamides is 1. The average molecular weight is 346 g/mol. The van der Waals surface area contributed by atoms with Crippen LogP contribution in [-0.2, 0) is 10.0 Å². The van der Waals surface area contributed by atoms with Crippen molar-refractivity contribution in [2.75, 3.05) is 6.54 Å². The molecule has 0 heterocycles. The van der Waals surface area contributed by atoms with Crippen molar-refractivity contribution in [2.24, 2.45) is 11.7 Å². The molecule has 1 unspecified atom stereocenters. The summed E-state index contributed by atoms with van der Waals surface area (Å²) in [5.41, 5.74) is 5.83. The molecule has 0 bridgehead atoms. The summed E-state index contributed by atoms with van der Waals surface area (Å²) < 4.78 is 27.9. The Morgan fingerprint density at radius 1 is 1.41 bits per heavy atom. The number of halogens is 1. The molecule has 1 aromatic rings. The van der Waals surface area contributed by atoms with Gasteiger partial charge in [-0.2, -0.15) is 5.26 Å². The molecular weight excluding hydrogens is 322 g/mol. The van der Waals surface area contributed by atoms with E-state index in [-0.39, 0.29) is 29.4 Å². The van der Waals surface area contributed by atoms with Gasteiger partial charge in [-0.15, -0.1) is 12.4 Å². The second-order valence-corrected chi connectivity index (χ2v) is 7.68. The maximum Gasteiger partial charge on any atom is 0.242 e. The predicted octanol–water partition coefficient (Wildman–Crippen LogP) is 2.33. The van der Waals surface area contributed by atoms with Crippen molar-refractivity contribution in [2.45, 2.75) is 44.6 Å². The van der Waals surface area contributed by atoms with E-state index in [1.807, 2.05) is 19.9 Å². The molecule has 1 aromatic carbocycles.